The van der Waals surface area contributed by atoms with Crippen molar-refractivity contribution in [3.63, 3.8) is 0 Å². The maximum absolute atomic E-state index is 12.4. The van der Waals surface area contributed by atoms with Crippen LogP contribution in [0.25, 0.3) is 0 Å². The number of nitrogens with one attached hydrogen (secondary N) is 1. The highest BCUT2D eigenvalue weighted by atomic mass is 35.5. The molecule has 1 atom stereocenters. The van der Waals surface area contributed by atoms with Gasteiger partial charge in [0.15, 0.2) is 0 Å². The lowest BCUT2D eigenvalue weighted by molar-refractivity contribution is -0.132. The highest BCUT2D eigenvalue weighted by Crippen LogP contribution is 2.35. The van der Waals surface area contributed by atoms with Crippen molar-refractivity contribution in [1.29, 1.82) is 0 Å². The summed E-state index contributed by atoms with van der Waals surface area (Å²) in [6, 6.07) is 0.228. The molecule has 128 valence electrons. The molecule has 0 saturated carbocycles. The molecule has 0 aromatic carbocycles. The number of aromatic nitrogens is 2. The van der Waals surface area contributed by atoms with Gasteiger partial charge in [0.1, 0.15) is 0 Å². The minimum Gasteiger partial charge on any atom is -0.336 e. The zero-order valence-corrected chi connectivity index (χ0v) is 15.5. The van der Waals surface area contributed by atoms with Crippen LogP contribution >= 0.6 is 24.8 Å². The molecule has 7 heteroatoms. The second-order valence-corrected chi connectivity index (χ2v) is 5.66. The Labute approximate surface area is 145 Å². The van der Waals surface area contributed by atoms with E-state index in [4.69, 9.17) is 0 Å². The van der Waals surface area contributed by atoms with Gasteiger partial charge >= 0.3 is 0 Å². The van der Waals surface area contributed by atoms with Crippen molar-refractivity contribution in [2.24, 2.45) is 7.05 Å². The van der Waals surface area contributed by atoms with Crippen LogP contribution in [-0.2, 0) is 11.8 Å². The minimum atomic E-state index is 0. The lowest BCUT2D eigenvalue weighted by Crippen LogP contribution is -2.31. The lowest BCUT2D eigenvalue weighted by Gasteiger charge is -2.25. The smallest absolute Gasteiger partial charge is 0.223 e. The Bertz CT molecular complexity index is 490. The van der Waals surface area contributed by atoms with Crippen LogP contribution in [0.2, 0.25) is 0 Å². The number of amides is 1. The Morgan fingerprint density at radius 3 is 2.59 bits per heavy atom. The summed E-state index contributed by atoms with van der Waals surface area (Å²) in [5, 5.41) is 7.59. The summed E-state index contributed by atoms with van der Waals surface area (Å²) >= 11 is 0. The summed E-state index contributed by atoms with van der Waals surface area (Å²) in [6.45, 7) is 5.92. The summed E-state index contributed by atoms with van der Waals surface area (Å²) in [7, 11) is 3.89. The summed E-state index contributed by atoms with van der Waals surface area (Å²) in [5.41, 5.74) is 3.50. The van der Waals surface area contributed by atoms with Gasteiger partial charge in [-0.3, -0.25) is 9.48 Å². The third-order valence-electron chi connectivity index (χ3n) is 4.29. The van der Waals surface area contributed by atoms with Gasteiger partial charge in [-0.25, -0.2) is 0 Å². The first-order valence-electron chi connectivity index (χ1n) is 7.50. The number of hydrogen-bond acceptors (Lipinski definition) is 3. The lowest BCUT2D eigenvalue weighted by atomic mass is 10.0. The van der Waals surface area contributed by atoms with Gasteiger partial charge in [0.05, 0.1) is 11.7 Å². The van der Waals surface area contributed by atoms with Crippen LogP contribution in [0.4, 0.5) is 0 Å². The van der Waals surface area contributed by atoms with Gasteiger partial charge in [-0.15, -0.1) is 24.8 Å². The molecular weight excluding hydrogens is 323 g/mol. The van der Waals surface area contributed by atoms with E-state index in [9.17, 15) is 4.79 Å². The number of likely N-dealkylation sites (tertiary alicyclic amines) is 1. The molecule has 0 spiro atoms. The first-order chi connectivity index (χ1) is 9.56. The third kappa shape index (κ3) is 4.37. The van der Waals surface area contributed by atoms with Gasteiger partial charge in [0.2, 0.25) is 5.91 Å². The molecule has 1 amide bonds. The Morgan fingerprint density at radius 2 is 2.05 bits per heavy atom. The predicted octanol–water partition coefficient (Wildman–Crippen LogP) is 2.54. The Hall–Kier alpha value is -0.780. The maximum atomic E-state index is 12.4. The molecule has 2 heterocycles. The van der Waals surface area contributed by atoms with Crippen LogP contribution in [-0.4, -0.2) is 40.7 Å². The molecule has 1 fully saturated rings. The number of carbonyl (C=O) groups is 1. The number of halogens is 2. The molecule has 1 aromatic rings. The van der Waals surface area contributed by atoms with Crippen LogP contribution in [0, 0.1) is 13.8 Å². The van der Waals surface area contributed by atoms with Crippen molar-refractivity contribution in [3.8, 4) is 0 Å². The second kappa shape index (κ2) is 9.38. The van der Waals surface area contributed by atoms with Gasteiger partial charge in [-0.2, -0.15) is 5.10 Å². The highest BCUT2D eigenvalue weighted by molar-refractivity contribution is 5.85. The van der Waals surface area contributed by atoms with Crippen molar-refractivity contribution in [1.82, 2.24) is 20.0 Å². The van der Waals surface area contributed by atoms with Crippen LogP contribution in [0.15, 0.2) is 0 Å². The SMILES string of the molecule is CNCCCC(=O)N1CCCC1c1c(C)nn(C)c1C.Cl.Cl. The molecule has 2 rings (SSSR count). The third-order valence-corrected chi connectivity index (χ3v) is 4.29. The molecular formula is C15H28Cl2N4O. The van der Waals surface area contributed by atoms with E-state index >= 15 is 0 Å². The monoisotopic (exact) mass is 350 g/mol. The number of carbonyl (C=O) groups excluding carboxylic acids is 1. The Balaban J connectivity index is 0.00000220. The number of aryl methyl sites for hydroxylation is 2. The van der Waals surface area contributed by atoms with Crippen molar-refractivity contribution in [2.45, 2.75) is 45.6 Å². The minimum absolute atomic E-state index is 0. The molecule has 0 aliphatic carbocycles. The molecule has 1 aliphatic rings. The molecule has 1 unspecified atom stereocenters. The van der Waals surface area contributed by atoms with E-state index in [-0.39, 0.29) is 36.8 Å². The quantitative estimate of drug-likeness (QED) is 0.830. The summed E-state index contributed by atoms with van der Waals surface area (Å²) < 4.78 is 1.92. The van der Waals surface area contributed by atoms with E-state index < -0.39 is 0 Å². The Morgan fingerprint density at radius 1 is 1.36 bits per heavy atom. The molecule has 22 heavy (non-hydrogen) atoms. The van der Waals surface area contributed by atoms with Gasteiger partial charge < -0.3 is 10.2 Å². The van der Waals surface area contributed by atoms with E-state index in [0.717, 1.165) is 38.0 Å². The van der Waals surface area contributed by atoms with Gasteiger partial charge in [0, 0.05) is 31.3 Å². The molecule has 0 bridgehead atoms. The largest absolute Gasteiger partial charge is 0.336 e. The van der Waals surface area contributed by atoms with Crippen molar-refractivity contribution < 1.29 is 4.79 Å². The molecule has 5 nitrogen and oxygen atoms in total. The number of nitrogens with zero attached hydrogens (tertiary/aromatic N) is 3. The van der Waals surface area contributed by atoms with Crippen LogP contribution in [0.1, 0.15) is 48.7 Å². The fourth-order valence-electron chi connectivity index (χ4n) is 3.20. The molecule has 1 N–H and O–H groups in total. The number of hydrogen-bond donors (Lipinski definition) is 1. The van der Waals surface area contributed by atoms with Gasteiger partial charge in [-0.1, -0.05) is 0 Å². The summed E-state index contributed by atoms with van der Waals surface area (Å²) in [5.74, 6) is 0.283. The van der Waals surface area contributed by atoms with E-state index in [1.54, 1.807) is 0 Å². The first kappa shape index (κ1) is 21.2. The normalized spacial score (nSPS) is 17.1. The zero-order chi connectivity index (χ0) is 14.7. The van der Waals surface area contributed by atoms with Crippen molar-refractivity contribution >= 4 is 30.7 Å². The number of rotatable bonds is 5. The van der Waals surface area contributed by atoms with E-state index in [1.165, 1.54) is 11.3 Å². The first-order valence-corrected chi connectivity index (χ1v) is 7.50. The maximum Gasteiger partial charge on any atom is 0.223 e. The standard InChI is InChI=1S/C15H26N4O.2ClH/c1-11-15(12(2)18(4)17-11)13-7-6-10-19(13)14(20)8-5-9-16-3;;/h13,16H,5-10H2,1-4H3;2*1H. The predicted molar refractivity (Wildman–Crippen MR) is 94.0 cm³/mol. The van der Waals surface area contributed by atoms with Gasteiger partial charge in [0.25, 0.3) is 0 Å². The fraction of sp³-hybridized carbons (Fsp3) is 0.733. The van der Waals surface area contributed by atoms with E-state index in [0.29, 0.717) is 6.42 Å². The molecule has 1 aromatic heterocycles. The summed E-state index contributed by atoms with van der Waals surface area (Å²) in [6.07, 6.45) is 3.70. The van der Waals surface area contributed by atoms with E-state index in [2.05, 4.69) is 22.2 Å². The highest BCUT2D eigenvalue weighted by Gasteiger charge is 2.32. The second-order valence-electron chi connectivity index (χ2n) is 5.66. The van der Waals surface area contributed by atoms with Crippen molar-refractivity contribution in [2.75, 3.05) is 20.1 Å². The topological polar surface area (TPSA) is 50.2 Å². The van der Waals surface area contributed by atoms with E-state index in [1.807, 2.05) is 25.7 Å². The summed E-state index contributed by atoms with van der Waals surface area (Å²) in [4.78, 5) is 14.5. The van der Waals surface area contributed by atoms with Crippen LogP contribution in [0.3, 0.4) is 0 Å². The van der Waals surface area contributed by atoms with Gasteiger partial charge in [-0.05, 0) is 46.7 Å². The Kier molecular flexibility index (Phi) is 9.05. The van der Waals surface area contributed by atoms with Crippen molar-refractivity contribution in [3.05, 3.63) is 17.0 Å². The molecule has 0 radical (unpaired) electrons. The zero-order valence-electron chi connectivity index (χ0n) is 13.9. The van der Waals surface area contributed by atoms with Crippen LogP contribution < -0.4 is 5.32 Å². The fourth-order valence-corrected chi connectivity index (χ4v) is 3.20. The molecule has 1 aliphatic heterocycles. The molecule has 1 saturated heterocycles. The van der Waals surface area contributed by atoms with Crippen LogP contribution in [0.5, 0.6) is 0 Å². The average Bonchev–Trinajstić information content (AvgIpc) is 2.96. The average molecular weight is 351 g/mol.